The molecule has 0 fully saturated rings. The van der Waals surface area contributed by atoms with Crippen molar-refractivity contribution in [1.82, 2.24) is 14.9 Å². The van der Waals surface area contributed by atoms with Crippen LogP contribution in [0.3, 0.4) is 0 Å². The van der Waals surface area contributed by atoms with Crippen LogP contribution in [0.4, 0.5) is 10.1 Å². The van der Waals surface area contributed by atoms with Gasteiger partial charge in [-0.05, 0) is 79.1 Å². The number of nitrogens with zero attached hydrogens (tertiary/aromatic N) is 2. The third-order valence-corrected chi connectivity index (χ3v) is 8.73. The van der Waals surface area contributed by atoms with Crippen molar-refractivity contribution in [2.24, 2.45) is 5.73 Å². The maximum Gasteiger partial charge on any atom is 0.328 e. The van der Waals surface area contributed by atoms with Crippen LogP contribution in [0.15, 0.2) is 78.1 Å². The minimum absolute atomic E-state index is 0.107. The molecule has 0 radical (unpaired) electrons. The first-order chi connectivity index (χ1) is 23.1. The fourth-order valence-electron chi connectivity index (χ4n) is 5.15. The van der Waals surface area contributed by atoms with E-state index in [0.29, 0.717) is 49.0 Å². The summed E-state index contributed by atoms with van der Waals surface area (Å²) in [6.07, 6.45) is 2.99. The number of esters is 1. The minimum atomic E-state index is -0.543. The molecule has 5 N–H and O–H groups in total. The lowest BCUT2D eigenvalue weighted by atomic mass is 9.81. The number of benzene rings is 3. The number of nitrogens with one attached hydrogen (secondary N) is 3. The number of nitrogens with two attached hydrogens (primary N) is 1. The molecule has 256 valence electrons. The number of guanidine groups is 1. The number of ether oxygens (including phenoxy) is 4. The van der Waals surface area contributed by atoms with Crippen molar-refractivity contribution in [2.45, 2.75) is 43.3 Å². The van der Waals surface area contributed by atoms with Gasteiger partial charge in [0.1, 0.15) is 17.6 Å². The molecular formula is C35H43FN6O5S. The normalized spacial score (nSPS) is 11.8. The first-order valence-corrected chi connectivity index (χ1v) is 16.4. The number of carbonyl (C=O) groups excluding carboxylic acids is 1. The predicted molar refractivity (Wildman–Crippen MR) is 186 cm³/mol. The molecule has 11 nitrogen and oxygen atoms in total. The number of anilines is 1. The van der Waals surface area contributed by atoms with Crippen molar-refractivity contribution in [2.75, 3.05) is 45.6 Å². The highest BCUT2D eigenvalue weighted by molar-refractivity contribution is 7.99. The van der Waals surface area contributed by atoms with Gasteiger partial charge in [0.25, 0.3) is 0 Å². The number of imidazole rings is 1. The summed E-state index contributed by atoms with van der Waals surface area (Å²) in [7, 11) is 4.57. The van der Waals surface area contributed by atoms with Gasteiger partial charge >= 0.3 is 5.97 Å². The fourth-order valence-corrected chi connectivity index (χ4v) is 5.96. The Morgan fingerprint density at radius 2 is 1.75 bits per heavy atom. The van der Waals surface area contributed by atoms with Crippen LogP contribution in [-0.4, -0.2) is 67.8 Å². The number of aromatic nitrogens is 2. The van der Waals surface area contributed by atoms with Crippen molar-refractivity contribution in [3.63, 3.8) is 0 Å². The summed E-state index contributed by atoms with van der Waals surface area (Å²) in [5.74, 6) is 1.77. The second-order valence-corrected chi connectivity index (χ2v) is 12.4. The van der Waals surface area contributed by atoms with Gasteiger partial charge in [0, 0.05) is 29.1 Å². The zero-order chi connectivity index (χ0) is 34.7. The molecule has 0 unspecified atom stereocenters. The van der Waals surface area contributed by atoms with Gasteiger partial charge in [-0.1, -0.05) is 31.7 Å². The van der Waals surface area contributed by atoms with Crippen molar-refractivity contribution in [3.05, 3.63) is 90.0 Å². The SMILES string of the molecule is COC(=O)[C@H](CCCNC(=N)N)Nc1ccc(OCCSc2ncc(C(C)(C)c3ccc(OC)c(OC)c3)n2-c2ccc(F)cc2)cc1. The lowest BCUT2D eigenvalue weighted by Crippen LogP contribution is -2.34. The van der Waals surface area contributed by atoms with Gasteiger partial charge < -0.3 is 35.3 Å². The molecule has 1 aromatic heterocycles. The average Bonchev–Trinajstić information content (AvgIpc) is 3.53. The van der Waals surface area contributed by atoms with Crippen molar-refractivity contribution >= 4 is 29.4 Å². The molecule has 1 atom stereocenters. The number of halogens is 1. The summed E-state index contributed by atoms with van der Waals surface area (Å²) >= 11 is 1.54. The predicted octanol–water partition coefficient (Wildman–Crippen LogP) is 5.74. The second kappa shape index (κ2) is 16.8. The summed E-state index contributed by atoms with van der Waals surface area (Å²) in [4.78, 5) is 17.1. The highest BCUT2D eigenvalue weighted by Crippen LogP contribution is 2.39. The number of hydrogen-bond acceptors (Lipinski definition) is 9. The number of thioether (sulfide) groups is 1. The maximum atomic E-state index is 13.9. The molecule has 0 aliphatic rings. The summed E-state index contributed by atoms with van der Waals surface area (Å²) in [6.45, 7) is 5.12. The number of rotatable bonds is 17. The molecule has 0 aliphatic heterocycles. The van der Waals surface area contributed by atoms with Gasteiger partial charge in [-0.15, -0.1) is 0 Å². The van der Waals surface area contributed by atoms with Gasteiger partial charge in [-0.25, -0.2) is 14.2 Å². The molecule has 0 saturated heterocycles. The summed E-state index contributed by atoms with van der Waals surface area (Å²) in [5.41, 5.74) is 8.30. The monoisotopic (exact) mass is 678 g/mol. The molecule has 0 saturated carbocycles. The van der Waals surface area contributed by atoms with E-state index in [2.05, 4.69) is 29.0 Å². The van der Waals surface area contributed by atoms with E-state index in [9.17, 15) is 9.18 Å². The Balaban J connectivity index is 1.43. The van der Waals surface area contributed by atoms with Crippen LogP contribution in [0.1, 0.15) is 37.9 Å². The molecule has 4 rings (SSSR count). The van der Waals surface area contributed by atoms with E-state index in [-0.39, 0.29) is 17.7 Å². The summed E-state index contributed by atoms with van der Waals surface area (Å²) < 4.78 is 37.9. The van der Waals surface area contributed by atoms with Gasteiger partial charge in [0.2, 0.25) is 0 Å². The Hall–Kier alpha value is -4.91. The Kier molecular flexibility index (Phi) is 12.6. The molecule has 0 amide bonds. The van der Waals surface area contributed by atoms with Crippen LogP contribution in [-0.2, 0) is 14.9 Å². The number of carbonyl (C=O) groups is 1. The average molecular weight is 679 g/mol. The first-order valence-electron chi connectivity index (χ1n) is 15.4. The van der Waals surface area contributed by atoms with E-state index in [4.69, 9.17) is 35.1 Å². The topological polar surface area (TPSA) is 146 Å². The summed E-state index contributed by atoms with van der Waals surface area (Å²) in [6, 6.07) is 19.0. The lowest BCUT2D eigenvalue weighted by molar-refractivity contribution is -0.141. The minimum Gasteiger partial charge on any atom is -0.493 e. The van der Waals surface area contributed by atoms with E-state index in [1.54, 1.807) is 26.4 Å². The number of hydrogen-bond donors (Lipinski definition) is 4. The Bertz CT molecular complexity index is 1660. The Morgan fingerprint density at radius 3 is 2.40 bits per heavy atom. The van der Waals surface area contributed by atoms with Crippen LogP contribution in [0.5, 0.6) is 17.2 Å². The van der Waals surface area contributed by atoms with E-state index in [1.165, 1.54) is 31.0 Å². The lowest BCUT2D eigenvalue weighted by Gasteiger charge is -2.28. The zero-order valence-electron chi connectivity index (χ0n) is 27.8. The molecule has 0 spiro atoms. The highest BCUT2D eigenvalue weighted by atomic mass is 32.2. The third-order valence-electron chi connectivity index (χ3n) is 7.81. The Labute approximate surface area is 284 Å². The van der Waals surface area contributed by atoms with Crippen LogP contribution in [0.2, 0.25) is 0 Å². The molecule has 48 heavy (non-hydrogen) atoms. The van der Waals surface area contributed by atoms with Crippen LogP contribution >= 0.6 is 11.8 Å². The van der Waals surface area contributed by atoms with E-state index in [1.807, 2.05) is 48.7 Å². The molecule has 0 aliphatic carbocycles. The van der Waals surface area contributed by atoms with Gasteiger partial charge in [-0.2, -0.15) is 0 Å². The van der Waals surface area contributed by atoms with Crippen molar-refractivity contribution in [3.8, 4) is 22.9 Å². The Morgan fingerprint density at radius 1 is 1.04 bits per heavy atom. The summed E-state index contributed by atoms with van der Waals surface area (Å²) in [5, 5.41) is 13.9. The molecule has 3 aromatic carbocycles. The highest BCUT2D eigenvalue weighted by Gasteiger charge is 2.30. The van der Waals surface area contributed by atoms with Crippen LogP contribution in [0.25, 0.3) is 5.69 Å². The third kappa shape index (κ3) is 9.12. The van der Waals surface area contributed by atoms with Gasteiger partial charge in [0.05, 0.1) is 39.8 Å². The first kappa shape index (κ1) is 35.9. The molecular weight excluding hydrogens is 635 g/mol. The van der Waals surface area contributed by atoms with E-state index >= 15 is 0 Å². The smallest absolute Gasteiger partial charge is 0.328 e. The standard InChI is InChI=1S/C35H43FN6O5S/c1-35(2,23-8-17-29(44-3)30(21-23)45-4)31-22-40-34(42(31)26-13-9-24(36)10-14-26)48-20-19-47-27-15-11-25(12-16-27)41-28(32(43)46-5)7-6-18-39-33(37)38/h8-17,21-22,28,41H,6-7,18-20H2,1-5H3,(H4,37,38,39)/t28-/m0/s1. The zero-order valence-corrected chi connectivity index (χ0v) is 28.7. The van der Waals surface area contributed by atoms with Gasteiger partial charge in [0.15, 0.2) is 22.6 Å². The van der Waals surface area contributed by atoms with Crippen molar-refractivity contribution in [1.29, 1.82) is 5.41 Å². The molecule has 0 bridgehead atoms. The van der Waals surface area contributed by atoms with E-state index in [0.717, 1.165) is 27.8 Å². The molecule has 13 heteroatoms. The molecule has 1 heterocycles. The van der Waals surface area contributed by atoms with Crippen LogP contribution < -0.4 is 30.6 Å². The maximum absolute atomic E-state index is 13.9. The largest absolute Gasteiger partial charge is 0.493 e. The quantitative estimate of drug-likeness (QED) is 0.0359. The number of methoxy groups -OCH3 is 3. The fraction of sp³-hybridized carbons (Fsp3) is 0.343. The molecule has 4 aromatic rings. The van der Waals surface area contributed by atoms with Crippen LogP contribution in [0, 0.1) is 11.2 Å². The van der Waals surface area contributed by atoms with Crippen molar-refractivity contribution < 1.29 is 28.1 Å². The van der Waals surface area contributed by atoms with E-state index < -0.39 is 11.5 Å². The van der Waals surface area contributed by atoms with Gasteiger partial charge in [-0.3, -0.25) is 9.98 Å². The second-order valence-electron chi connectivity index (χ2n) is 11.4.